The number of pyridine rings is 1. The van der Waals surface area contributed by atoms with Crippen LogP contribution in [0.1, 0.15) is 5.69 Å². The van der Waals surface area contributed by atoms with Gasteiger partial charge < -0.3 is 35.0 Å². The van der Waals surface area contributed by atoms with Gasteiger partial charge in [0, 0.05) is 25.8 Å². The summed E-state index contributed by atoms with van der Waals surface area (Å²) >= 11 is 0. The van der Waals surface area contributed by atoms with E-state index in [9.17, 15) is 0 Å². The first-order chi connectivity index (χ1) is 6.29. The quantitative estimate of drug-likeness (QED) is 0.529. The van der Waals surface area contributed by atoms with E-state index in [1.165, 1.54) is 0 Å². The molecule has 0 fully saturated rings. The molecule has 0 bridgehead atoms. The molecule has 0 aliphatic heterocycles. The summed E-state index contributed by atoms with van der Waals surface area (Å²) in [5, 5.41) is 3.33. The molecular formula is C10H17Cl2N3-2. The molecule has 0 atom stereocenters. The van der Waals surface area contributed by atoms with Gasteiger partial charge >= 0.3 is 0 Å². The Bertz CT molecular complexity index is 229. The second-order valence-corrected chi connectivity index (χ2v) is 3.30. The summed E-state index contributed by atoms with van der Waals surface area (Å²) in [6.45, 7) is 2.92. The minimum atomic E-state index is 0. The van der Waals surface area contributed by atoms with Crippen molar-refractivity contribution in [3.8, 4) is 0 Å². The smallest absolute Gasteiger partial charge is 0.0541 e. The second kappa shape index (κ2) is 10.2. The van der Waals surface area contributed by atoms with Gasteiger partial charge in [0.15, 0.2) is 0 Å². The Balaban J connectivity index is 0. The van der Waals surface area contributed by atoms with Crippen LogP contribution in [0.3, 0.4) is 0 Å². The van der Waals surface area contributed by atoms with Crippen LogP contribution in [0.25, 0.3) is 0 Å². The summed E-state index contributed by atoms with van der Waals surface area (Å²) in [6, 6.07) is 5.97. The van der Waals surface area contributed by atoms with Crippen LogP contribution < -0.4 is 30.1 Å². The molecule has 15 heavy (non-hydrogen) atoms. The molecule has 0 amide bonds. The lowest BCUT2D eigenvalue weighted by Gasteiger charge is -2.09. The van der Waals surface area contributed by atoms with Gasteiger partial charge in [-0.3, -0.25) is 4.98 Å². The molecule has 0 unspecified atom stereocenters. The zero-order valence-electron chi connectivity index (χ0n) is 9.08. The van der Waals surface area contributed by atoms with Crippen molar-refractivity contribution < 1.29 is 24.8 Å². The van der Waals surface area contributed by atoms with Gasteiger partial charge in [-0.2, -0.15) is 0 Å². The predicted octanol–water partition coefficient (Wildman–Crippen LogP) is -5.26. The topological polar surface area (TPSA) is 28.2 Å². The Hall–Kier alpha value is -0.350. The summed E-state index contributed by atoms with van der Waals surface area (Å²) in [6.07, 6.45) is 1.82. The van der Waals surface area contributed by atoms with E-state index in [4.69, 9.17) is 0 Å². The number of likely N-dealkylation sites (N-methyl/N-ethyl adjacent to an activating group) is 1. The van der Waals surface area contributed by atoms with E-state index in [1.54, 1.807) is 0 Å². The lowest BCUT2D eigenvalue weighted by atomic mass is 10.3. The molecule has 0 spiro atoms. The Kier molecular flexibility index (Phi) is 11.6. The highest BCUT2D eigenvalue weighted by Gasteiger charge is 1.92. The number of rotatable bonds is 5. The molecule has 3 nitrogen and oxygen atoms in total. The summed E-state index contributed by atoms with van der Waals surface area (Å²) in [5.74, 6) is 0. The van der Waals surface area contributed by atoms with E-state index in [-0.39, 0.29) is 24.8 Å². The zero-order valence-corrected chi connectivity index (χ0v) is 10.6. The Morgan fingerprint density at radius 3 is 2.53 bits per heavy atom. The minimum absolute atomic E-state index is 0. The van der Waals surface area contributed by atoms with Crippen molar-refractivity contribution in [1.29, 1.82) is 0 Å². The molecule has 5 heteroatoms. The maximum atomic E-state index is 4.22. The Morgan fingerprint density at radius 1 is 1.27 bits per heavy atom. The zero-order chi connectivity index (χ0) is 9.52. The molecular weight excluding hydrogens is 233 g/mol. The third-order valence-corrected chi connectivity index (χ3v) is 1.77. The first-order valence-corrected chi connectivity index (χ1v) is 4.54. The van der Waals surface area contributed by atoms with E-state index < -0.39 is 0 Å². The monoisotopic (exact) mass is 249 g/mol. The molecule has 0 radical (unpaired) electrons. The van der Waals surface area contributed by atoms with Crippen molar-refractivity contribution in [3.63, 3.8) is 0 Å². The SMILES string of the molecule is CN(C)CCNCc1ccccn1.[Cl-].[Cl-]. The fraction of sp³-hybridized carbons (Fsp3) is 0.500. The standard InChI is InChI=1S/C10H17N3.2ClH/c1-13(2)8-7-11-9-10-5-3-4-6-12-10;;/h3-6,11H,7-9H2,1-2H3;2*1H/p-2. The predicted molar refractivity (Wildman–Crippen MR) is 54.5 cm³/mol. The number of halogens is 2. The first kappa shape index (κ1) is 17.1. The molecule has 1 N–H and O–H groups in total. The van der Waals surface area contributed by atoms with Crippen molar-refractivity contribution in [2.24, 2.45) is 0 Å². The number of aromatic nitrogens is 1. The molecule has 0 aliphatic rings. The summed E-state index contributed by atoms with van der Waals surface area (Å²) in [4.78, 5) is 6.38. The molecule has 1 aromatic rings. The maximum Gasteiger partial charge on any atom is 0.0541 e. The van der Waals surface area contributed by atoms with Crippen LogP contribution in [0, 0.1) is 0 Å². The molecule has 0 saturated carbocycles. The van der Waals surface area contributed by atoms with E-state index in [0.29, 0.717) is 0 Å². The van der Waals surface area contributed by atoms with Gasteiger partial charge in [-0.1, -0.05) is 6.07 Å². The van der Waals surface area contributed by atoms with Gasteiger partial charge in [0.25, 0.3) is 0 Å². The average molecular weight is 250 g/mol. The fourth-order valence-corrected chi connectivity index (χ4v) is 1.02. The summed E-state index contributed by atoms with van der Waals surface area (Å²) in [7, 11) is 4.14. The molecule has 0 saturated heterocycles. The van der Waals surface area contributed by atoms with E-state index >= 15 is 0 Å². The number of hydrogen-bond acceptors (Lipinski definition) is 3. The van der Waals surface area contributed by atoms with E-state index in [2.05, 4.69) is 29.3 Å². The molecule has 1 rings (SSSR count). The fourth-order valence-electron chi connectivity index (χ4n) is 1.02. The van der Waals surface area contributed by atoms with Gasteiger partial charge in [0.05, 0.1) is 5.69 Å². The highest BCUT2D eigenvalue weighted by molar-refractivity contribution is 5.02. The lowest BCUT2D eigenvalue weighted by molar-refractivity contribution is -0.001000. The van der Waals surface area contributed by atoms with Crippen LogP contribution in [0.2, 0.25) is 0 Å². The van der Waals surface area contributed by atoms with Crippen molar-refractivity contribution in [2.75, 3.05) is 27.2 Å². The van der Waals surface area contributed by atoms with Gasteiger partial charge in [-0.05, 0) is 26.2 Å². The lowest BCUT2D eigenvalue weighted by Crippen LogP contribution is -3.00. The van der Waals surface area contributed by atoms with Gasteiger partial charge in [0.2, 0.25) is 0 Å². The second-order valence-electron chi connectivity index (χ2n) is 3.30. The third kappa shape index (κ3) is 8.63. The maximum absolute atomic E-state index is 4.22. The molecule has 0 aromatic carbocycles. The van der Waals surface area contributed by atoms with Crippen LogP contribution in [0.4, 0.5) is 0 Å². The molecule has 1 aromatic heterocycles. The normalized spacial score (nSPS) is 9.27. The van der Waals surface area contributed by atoms with E-state index in [0.717, 1.165) is 25.3 Å². The third-order valence-electron chi connectivity index (χ3n) is 1.77. The van der Waals surface area contributed by atoms with Crippen LogP contribution in [0.5, 0.6) is 0 Å². The Labute approximate surface area is 104 Å². The molecule has 88 valence electrons. The van der Waals surface area contributed by atoms with Crippen LogP contribution in [-0.4, -0.2) is 37.1 Å². The number of nitrogens with zero attached hydrogens (tertiary/aromatic N) is 2. The van der Waals surface area contributed by atoms with Crippen molar-refractivity contribution >= 4 is 0 Å². The van der Waals surface area contributed by atoms with Crippen LogP contribution in [0.15, 0.2) is 24.4 Å². The summed E-state index contributed by atoms with van der Waals surface area (Å²) in [5.41, 5.74) is 1.10. The average Bonchev–Trinajstić information content (AvgIpc) is 2.14. The van der Waals surface area contributed by atoms with Gasteiger partial charge in [0.1, 0.15) is 0 Å². The largest absolute Gasteiger partial charge is 1.00 e. The summed E-state index contributed by atoms with van der Waals surface area (Å²) < 4.78 is 0. The molecule has 0 aliphatic carbocycles. The van der Waals surface area contributed by atoms with Gasteiger partial charge in [-0.25, -0.2) is 0 Å². The van der Waals surface area contributed by atoms with E-state index in [1.807, 2.05) is 24.4 Å². The van der Waals surface area contributed by atoms with Crippen molar-refractivity contribution in [3.05, 3.63) is 30.1 Å². The highest BCUT2D eigenvalue weighted by atomic mass is 35.5. The Morgan fingerprint density at radius 2 is 2.00 bits per heavy atom. The first-order valence-electron chi connectivity index (χ1n) is 4.54. The molecule has 1 heterocycles. The van der Waals surface area contributed by atoms with Crippen molar-refractivity contribution in [2.45, 2.75) is 6.54 Å². The van der Waals surface area contributed by atoms with Gasteiger partial charge in [-0.15, -0.1) is 0 Å². The number of nitrogens with one attached hydrogen (secondary N) is 1. The minimum Gasteiger partial charge on any atom is -1.00 e. The van der Waals surface area contributed by atoms with Crippen LogP contribution >= 0.6 is 0 Å². The van der Waals surface area contributed by atoms with Crippen LogP contribution in [-0.2, 0) is 6.54 Å². The van der Waals surface area contributed by atoms with Crippen molar-refractivity contribution in [1.82, 2.24) is 15.2 Å². The highest BCUT2D eigenvalue weighted by Crippen LogP contribution is 1.91. The number of hydrogen-bond donors (Lipinski definition) is 1.